The van der Waals surface area contributed by atoms with Crippen LogP contribution in [0.25, 0.3) is 11.0 Å². The third-order valence-corrected chi connectivity index (χ3v) is 6.31. The molecule has 0 bridgehead atoms. The first-order valence-electron chi connectivity index (χ1n) is 14.2. The number of nitrogens with zero attached hydrogens (tertiary/aromatic N) is 2. The van der Waals surface area contributed by atoms with Crippen LogP contribution in [0.1, 0.15) is 99.6 Å². The number of fused-ring (bicyclic) bond motifs is 1. The van der Waals surface area contributed by atoms with E-state index < -0.39 is 6.29 Å². The van der Waals surface area contributed by atoms with E-state index in [1.54, 1.807) is 30.3 Å². The van der Waals surface area contributed by atoms with Crippen molar-refractivity contribution in [3.63, 3.8) is 0 Å². The van der Waals surface area contributed by atoms with Gasteiger partial charge in [0, 0.05) is 17.0 Å². The molecule has 0 radical (unpaired) electrons. The van der Waals surface area contributed by atoms with E-state index in [9.17, 15) is 19.4 Å². The summed E-state index contributed by atoms with van der Waals surface area (Å²) in [4.78, 5) is 22.8. The number of aliphatic hydroxyl groups excluding tert-OH is 1. The Morgan fingerprint density at radius 2 is 1.71 bits per heavy atom. The monoisotopic (exact) mass is 583 g/mol. The lowest BCUT2D eigenvalue weighted by atomic mass is 9.96. The highest BCUT2D eigenvalue weighted by Gasteiger charge is 2.18. The summed E-state index contributed by atoms with van der Waals surface area (Å²) in [6.45, 7) is 10.3. The summed E-state index contributed by atoms with van der Waals surface area (Å²) < 4.78 is 13.2. The zero-order valence-corrected chi connectivity index (χ0v) is 25.4. The third-order valence-electron chi connectivity index (χ3n) is 6.13. The van der Waals surface area contributed by atoms with Crippen molar-refractivity contribution in [1.29, 1.82) is 0 Å². The average molecular weight is 584 g/mol. The molecule has 0 aliphatic rings. The van der Waals surface area contributed by atoms with E-state index in [0.717, 1.165) is 22.9 Å². The zero-order chi connectivity index (χ0) is 30.4. The number of carbonyl (C=O) groups is 1. The van der Waals surface area contributed by atoms with E-state index in [1.165, 1.54) is 17.7 Å². The van der Waals surface area contributed by atoms with Gasteiger partial charge in [0.25, 0.3) is 5.91 Å². The van der Waals surface area contributed by atoms with Crippen LogP contribution in [0.15, 0.2) is 66.2 Å². The molecule has 0 aliphatic heterocycles. The number of hydrogen-bond donors (Lipinski definition) is 3. The largest absolute Gasteiger partial charge is 0.368 e. The standard InChI is InChI=1S/C29H33ClFN3O3.C4H10/c1-3-7-21(8-6-17-30)28-25(9-4-5-10-27(35)36)33-26-18-22(13-16-24(26)34-28)29(37)32-19(2)20-11-14-23(31)15-12-20;1-4(2)3/h3,6-7,11-19,21,27,35-36H,4-5,8-10H2,1-2H3,(H,32,37);4H,1-3H3/b7-3-,17-6+;. The Hall–Kier alpha value is -3.13. The van der Waals surface area contributed by atoms with Gasteiger partial charge in [0.2, 0.25) is 0 Å². The van der Waals surface area contributed by atoms with Crippen LogP contribution in [0.2, 0.25) is 0 Å². The maximum Gasteiger partial charge on any atom is 0.251 e. The van der Waals surface area contributed by atoms with Crippen molar-refractivity contribution in [1.82, 2.24) is 15.3 Å². The number of amides is 1. The fourth-order valence-electron chi connectivity index (χ4n) is 4.17. The second-order valence-electron chi connectivity index (χ2n) is 10.7. The molecule has 3 aromatic rings. The molecule has 3 N–H and O–H groups in total. The third kappa shape index (κ3) is 11.7. The van der Waals surface area contributed by atoms with E-state index in [4.69, 9.17) is 21.6 Å². The average Bonchev–Trinajstić information content (AvgIpc) is 2.92. The van der Waals surface area contributed by atoms with Gasteiger partial charge in [-0.05, 0) is 87.8 Å². The van der Waals surface area contributed by atoms with Crippen LogP contribution in [0.4, 0.5) is 4.39 Å². The van der Waals surface area contributed by atoms with E-state index in [1.807, 2.05) is 26.0 Å². The number of rotatable bonds is 12. The Balaban J connectivity index is 0.00000138. The summed E-state index contributed by atoms with van der Waals surface area (Å²) in [5, 5.41) is 21.3. The lowest BCUT2D eigenvalue weighted by molar-refractivity contribution is -0.0465. The summed E-state index contributed by atoms with van der Waals surface area (Å²) in [5.41, 5.74) is 5.68. The first kappa shape index (κ1) is 34.1. The highest BCUT2D eigenvalue weighted by atomic mass is 35.5. The molecule has 41 heavy (non-hydrogen) atoms. The molecule has 0 spiro atoms. The molecule has 0 fully saturated rings. The quantitative estimate of drug-likeness (QED) is 0.115. The number of hydrogen-bond acceptors (Lipinski definition) is 5. The van der Waals surface area contributed by atoms with E-state index in [0.29, 0.717) is 48.7 Å². The second-order valence-corrected chi connectivity index (χ2v) is 10.9. The highest BCUT2D eigenvalue weighted by Crippen LogP contribution is 2.27. The molecule has 8 heteroatoms. The van der Waals surface area contributed by atoms with E-state index in [-0.39, 0.29) is 23.7 Å². The Bertz CT molecular complexity index is 1290. The van der Waals surface area contributed by atoms with Crippen molar-refractivity contribution in [2.24, 2.45) is 5.92 Å². The van der Waals surface area contributed by atoms with Crippen molar-refractivity contribution in [2.45, 2.75) is 85.0 Å². The number of benzene rings is 2. The number of carbonyl (C=O) groups excluding carboxylic acids is 1. The second kappa shape index (κ2) is 17.6. The zero-order valence-electron chi connectivity index (χ0n) is 24.6. The number of aromatic nitrogens is 2. The molecule has 2 atom stereocenters. The van der Waals surface area contributed by atoms with Crippen LogP contribution in [0, 0.1) is 11.7 Å². The number of unbranched alkanes of at least 4 members (excludes halogenated alkanes) is 1. The summed E-state index contributed by atoms with van der Waals surface area (Å²) in [5.74, 6) is 0.227. The number of nitrogens with one attached hydrogen (secondary N) is 1. The summed E-state index contributed by atoms with van der Waals surface area (Å²) in [6, 6.07) is 11.0. The van der Waals surface area contributed by atoms with Crippen LogP contribution in [-0.2, 0) is 6.42 Å². The van der Waals surface area contributed by atoms with Crippen LogP contribution >= 0.6 is 11.6 Å². The van der Waals surface area contributed by atoms with Gasteiger partial charge in [0.05, 0.1) is 28.5 Å². The molecule has 2 aromatic carbocycles. The molecule has 2 unspecified atom stereocenters. The van der Waals surface area contributed by atoms with Gasteiger partial charge in [0.15, 0.2) is 6.29 Å². The first-order chi connectivity index (χ1) is 19.5. The maximum atomic E-state index is 13.2. The lowest BCUT2D eigenvalue weighted by Gasteiger charge is -2.17. The molecule has 222 valence electrons. The molecule has 0 saturated heterocycles. The van der Waals surface area contributed by atoms with Crippen LogP contribution in [0.3, 0.4) is 0 Å². The van der Waals surface area contributed by atoms with Gasteiger partial charge in [-0.15, -0.1) is 0 Å². The molecule has 3 rings (SSSR count). The normalized spacial score (nSPS) is 13.1. The van der Waals surface area contributed by atoms with E-state index in [2.05, 4.69) is 32.2 Å². The summed E-state index contributed by atoms with van der Waals surface area (Å²) >= 11 is 5.79. The number of allylic oxidation sites excluding steroid dienone is 3. The molecule has 0 aliphatic carbocycles. The highest BCUT2D eigenvalue weighted by molar-refractivity contribution is 6.25. The van der Waals surface area contributed by atoms with Gasteiger partial charge in [-0.3, -0.25) is 4.79 Å². The van der Waals surface area contributed by atoms with Crippen molar-refractivity contribution in [3.05, 3.63) is 94.6 Å². The SMILES string of the molecule is C/C=C\C(C/C=C/Cl)c1nc2ccc(C(=O)NC(C)c3ccc(F)cc3)cc2nc1CCCCC(O)O.CC(C)C. The van der Waals surface area contributed by atoms with Gasteiger partial charge in [-0.2, -0.15) is 0 Å². The molecule has 1 aromatic heterocycles. The minimum absolute atomic E-state index is 0.0186. The van der Waals surface area contributed by atoms with E-state index >= 15 is 0 Å². The number of aryl methyl sites for hydroxylation is 1. The number of halogens is 2. The van der Waals surface area contributed by atoms with Gasteiger partial charge in [-0.25, -0.2) is 14.4 Å². The van der Waals surface area contributed by atoms with Crippen molar-refractivity contribution >= 4 is 28.5 Å². The van der Waals surface area contributed by atoms with Gasteiger partial charge >= 0.3 is 0 Å². The predicted octanol–water partition coefficient (Wildman–Crippen LogP) is 7.75. The molecule has 0 saturated carbocycles. The maximum absolute atomic E-state index is 13.2. The smallest absolute Gasteiger partial charge is 0.251 e. The fraction of sp³-hybridized carbons (Fsp3) is 0.424. The topological polar surface area (TPSA) is 95.3 Å². The molecule has 1 heterocycles. The van der Waals surface area contributed by atoms with Crippen LogP contribution in [0.5, 0.6) is 0 Å². The van der Waals surface area contributed by atoms with Gasteiger partial charge in [0.1, 0.15) is 5.82 Å². The lowest BCUT2D eigenvalue weighted by Crippen LogP contribution is -2.26. The molecular formula is C33H43ClFN3O3. The minimum Gasteiger partial charge on any atom is -0.368 e. The Kier molecular flexibility index (Phi) is 14.7. The fourth-order valence-corrected chi connectivity index (χ4v) is 4.28. The number of aliphatic hydroxyl groups is 2. The summed E-state index contributed by atoms with van der Waals surface area (Å²) in [6.07, 6.45) is 7.50. The first-order valence-corrected chi connectivity index (χ1v) is 14.6. The van der Waals surface area contributed by atoms with Crippen molar-refractivity contribution < 1.29 is 19.4 Å². The van der Waals surface area contributed by atoms with Crippen molar-refractivity contribution in [2.75, 3.05) is 0 Å². The Morgan fingerprint density at radius 3 is 2.32 bits per heavy atom. The molecule has 1 amide bonds. The molecule has 6 nitrogen and oxygen atoms in total. The molecular weight excluding hydrogens is 541 g/mol. The van der Waals surface area contributed by atoms with Crippen LogP contribution < -0.4 is 5.32 Å². The van der Waals surface area contributed by atoms with Gasteiger partial charge < -0.3 is 15.5 Å². The van der Waals surface area contributed by atoms with Gasteiger partial charge in [-0.1, -0.05) is 62.7 Å². The predicted molar refractivity (Wildman–Crippen MR) is 165 cm³/mol. The Labute approximate surface area is 248 Å². The Morgan fingerprint density at radius 1 is 1.02 bits per heavy atom. The minimum atomic E-state index is -1.33. The van der Waals surface area contributed by atoms with Crippen LogP contribution in [-0.4, -0.2) is 32.4 Å². The van der Waals surface area contributed by atoms with Crippen molar-refractivity contribution in [3.8, 4) is 0 Å². The summed E-state index contributed by atoms with van der Waals surface area (Å²) in [7, 11) is 0.